The number of fused-ring (bicyclic) bond motifs is 1. The number of carbonyl (C=O) groups is 1. The van der Waals surface area contributed by atoms with Crippen LogP contribution in [-0.2, 0) is 4.79 Å². The molecule has 1 heterocycles. The number of aromatic nitrogens is 1. The molecule has 0 amide bonds. The predicted molar refractivity (Wildman–Crippen MR) is 106 cm³/mol. The van der Waals surface area contributed by atoms with E-state index in [-0.39, 0.29) is 24.7 Å². The molecule has 0 spiro atoms. The summed E-state index contributed by atoms with van der Waals surface area (Å²) < 4.78 is 51.0. The molecule has 0 saturated heterocycles. The first-order valence-electron chi connectivity index (χ1n) is 9.23. The molecule has 30 heavy (non-hydrogen) atoms. The van der Waals surface area contributed by atoms with Crippen LogP contribution in [0.4, 0.5) is 13.2 Å². The molecule has 6 nitrogen and oxygen atoms in total. The van der Waals surface area contributed by atoms with Crippen LogP contribution in [0.25, 0.3) is 22.1 Å². The lowest BCUT2D eigenvalue weighted by Crippen LogP contribution is -2.16. The third-order valence-corrected chi connectivity index (χ3v) is 3.91. The Morgan fingerprint density at radius 2 is 1.77 bits per heavy atom. The molecule has 0 radical (unpaired) electrons. The van der Waals surface area contributed by atoms with Crippen LogP contribution in [0.1, 0.15) is 20.3 Å². The molecule has 0 aliphatic rings. The molecule has 0 atom stereocenters. The van der Waals surface area contributed by atoms with Crippen molar-refractivity contribution in [2.75, 3.05) is 13.7 Å². The van der Waals surface area contributed by atoms with Crippen LogP contribution in [-0.4, -0.2) is 37.5 Å². The van der Waals surface area contributed by atoms with E-state index in [9.17, 15) is 18.0 Å². The van der Waals surface area contributed by atoms with Gasteiger partial charge in [-0.25, -0.2) is 0 Å². The average Bonchev–Trinajstić information content (AvgIpc) is 3.10. The van der Waals surface area contributed by atoms with Crippen molar-refractivity contribution in [1.29, 1.82) is 0 Å². The smallest absolute Gasteiger partial charge is 0.475 e. The van der Waals surface area contributed by atoms with Gasteiger partial charge in [-0.1, -0.05) is 32.0 Å². The molecule has 2 aromatic carbocycles. The maximum atomic E-state index is 12.2. The number of halogens is 3. The van der Waals surface area contributed by atoms with Gasteiger partial charge in [0.1, 0.15) is 12.0 Å². The quantitative estimate of drug-likeness (QED) is 0.426. The van der Waals surface area contributed by atoms with Gasteiger partial charge in [-0.2, -0.15) is 0 Å². The summed E-state index contributed by atoms with van der Waals surface area (Å²) in [7, 11) is 1.95. The molecule has 9 heteroatoms. The highest BCUT2D eigenvalue weighted by Gasteiger charge is 2.30. The minimum Gasteiger partial charge on any atom is -0.475 e. The number of carbonyl (C=O) groups excluding carboxylic acids is 1. The summed E-state index contributed by atoms with van der Waals surface area (Å²) in [5.74, 6) is -0.0316. The number of nitrogens with one attached hydrogen (secondary N) is 1. The molecule has 0 fully saturated rings. The lowest BCUT2D eigenvalue weighted by molar-refractivity contribution is -0.274. The summed E-state index contributed by atoms with van der Waals surface area (Å²) in [6.45, 7) is 4.40. The molecule has 0 saturated carbocycles. The molecule has 0 unspecified atom stereocenters. The molecule has 0 bridgehead atoms. The fourth-order valence-electron chi connectivity index (χ4n) is 2.25. The highest BCUT2D eigenvalue weighted by molar-refractivity contribution is 5.87. The van der Waals surface area contributed by atoms with Gasteiger partial charge in [-0.05, 0) is 47.6 Å². The second-order valence-electron chi connectivity index (χ2n) is 6.52. The van der Waals surface area contributed by atoms with Crippen molar-refractivity contribution in [3.63, 3.8) is 0 Å². The third kappa shape index (κ3) is 7.07. The van der Waals surface area contributed by atoms with Crippen LogP contribution < -0.4 is 14.8 Å². The highest BCUT2D eigenvalue weighted by atomic mass is 19.4. The fraction of sp³-hybridized carbons (Fsp3) is 0.333. The SMILES string of the molecule is CNC(C)C.O=CCCOc1noc2ccc(-c3ccc(OC(F)(F)F)cc3)cc12. The molecule has 162 valence electrons. The Balaban J connectivity index is 0.000000575. The second-order valence-corrected chi connectivity index (χ2v) is 6.52. The van der Waals surface area contributed by atoms with Crippen molar-refractivity contribution in [3.05, 3.63) is 42.5 Å². The number of hydrogen-bond acceptors (Lipinski definition) is 6. The van der Waals surface area contributed by atoms with E-state index in [1.54, 1.807) is 18.2 Å². The lowest BCUT2D eigenvalue weighted by atomic mass is 10.0. The molecular weight excluding hydrogens is 401 g/mol. The largest absolute Gasteiger partial charge is 0.573 e. The standard InChI is InChI=1S/C17H12F3NO4.C4H11N/c18-17(19,20)24-13-5-2-11(3-6-13)12-4-7-15-14(10-12)16(21-25-15)23-9-1-8-22;1-4(2)5-3/h2-8,10H,1,9H2;4-5H,1-3H3. The zero-order chi connectivity index (χ0) is 22.1. The Hall–Kier alpha value is -3.07. The highest BCUT2D eigenvalue weighted by Crippen LogP contribution is 2.31. The van der Waals surface area contributed by atoms with E-state index in [2.05, 4.69) is 29.1 Å². The van der Waals surface area contributed by atoms with Gasteiger partial charge in [0.25, 0.3) is 5.88 Å². The normalized spacial score (nSPS) is 11.2. The van der Waals surface area contributed by atoms with E-state index in [4.69, 9.17) is 9.26 Å². The summed E-state index contributed by atoms with van der Waals surface area (Å²) >= 11 is 0. The Labute approximate surface area is 171 Å². The number of aldehydes is 1. The molecule has 0 aliphatic carbocycles. The van der Waals surface area contributed by atoms with Gasteiger partial charge < -0.3 is 24.1 Å². The number of ether oxygens (including phenoxy) is 2. The van der Waals surface area contributed by atoms with Crippen LogP contribution in [0.5, 0.6) is 11.6 Å². The maximum Gasteiger partial charge on any atom is 0.573 e. The topological polar surface area (TPSA) is 73.6 Å². The molecule has 1 aromatic heterocycles. The molecule has 0 aliphatic heterocycles. The first kappa shape index (κ1) is 23.2. The van der Waals surface area contributed by atoms with Crippen molar-refractivity contribution < 1.29 is 32.0 Å². The van der Waals surface area contributed by atoms with Gasteiger partial charge in [0, 0.05) is 12.5 Å². The first-order chi connectivity index (χ1) is 14.2. The Morgan fingerprint density at radius 1 is 1.13 bits per heavy atom. The van der Waals surface area contributed by atoms with Crippen molar-refractivity contribution >= 4 is 17.3 Å². The molecular formula is C21H23F3N2O4. The summed E-state index contributed by atoms with van der Waals surface area (Å²) in [5.41, 5.74) is 1.94. The van der Waals surface area contributed by atoms with Crippen LogP contribution in [0.3, 0.4) is 0 Å². The third-order valence-electron chi connectivity index (χ3n) is 3.91. The average molecular weight is 424 g/mol. The van der Waals surface area contributed by atoms with E-state index in [1.807, 2.05) is 7.05 Å². The van der Waals surface area contributed by atoms with Crippen molar-refractivity contribution in [2.45, 2.75) is 32.7 Å². The van der Waals surface area contributed by atoms with E-state index in [0.29, 0.717) is 22.6 Å². The van der Waals surface area contributed by atoms with Gasteiger partial charge >= 0.3 is 6.36 Å². The summed E-state index contributed by atoms with van der Waals surface area (Å²) in [4.78, 5) is 10.3. The lowest BCUT2D eigenvalue weighted by Gasteiger charge is -2.09. The zero-order valence-corrected chi connectivity index (χ0v) is 16.8. The van der Waals surface area contributed by atoms with Crippen LogP contribution >= 0.6 is 0 Å². The van der Waals surface area contributed by atoms with E-state index in [0.717, 1.165) is 11.8 Å². The van der Waals surface area contributed by atoms with Gasteiger partial charge in [0.2, 0.25) is 0 Å². The van der Waals surface area contributed by atoms with E-state index >= 15 is 0 Å². The summed E-state index contributed by atoms with van der Waals surface area (Å²) in [6.07, 6.45) is -3.76. The molecule has 3 aromatic rings. The predicted octanol–water partition coefficient (Wildman–Crippen LogP) is 4.98. The van der Waals surface area contributed by atoms with Crippen molar-refractivity contribution in [3.8, 4) is 22.8 Å². The molecule has 1 N–H and O–H groups in total. The zero-order valence-electron chi connectivity index (χ0n) is 16.8. The monoisotopic (exact) mass is 424 g/mol. The maximum absolute atomic E-state index is 12.2. The second kappa shape index (κ2) is 10.6. The number of benzene rings is 2. The molecule has 3 rings (SSSR count). The fourth-order valence-corrected chi connectivity index (χ4v) is 2.25. The number of nitrogens with zero attached hydrogens (tertiary/aromatic N) is 1. The van der Waals surface area contributed by atoms with Crippen LogP contribution in [0, 0.1) is 0 Å². The number of hydrogen-bond donors (Lipinski definition) is 1. The van der Waals surface area contributed by atoms with Gasteiger partial charge in [0.05, 0.1) is 12.0 Å². The van der Waals surface area contributed by atoms with Gasteiger partial charge in [-0.15, -0.1) is 13.2 Å². The van der Waals surface area contributed by atoms with E-state index < -0.39 is 6.36 Å². The van der Waals surface area contributed by atoms with Crippen LogP contribution in [0.15, 0.2) is 47.0 Å². The minimum atomic E-state index is -4.73. The minimum absolute atomic E-state index is 0.179. The Morgan fingerprint density at radius 3 is 2.33 bits per heavy atom. The van der Waals surface area contributed by atoms with Crippen molar-refractivity contribution in [1.82, 2.24) is 10.5 Å². The number of alkyl halides is 3. The van der Waals surface area contributed by atoms with E-state index in [1.165, 1.54) is 24.3 Å². The van der Waals surface area contributed by atoms with Crippen molar-refractivity contribution in [2.24, 2.45) is 0 Å². The van der Waals surface area contributed by atoms with Crippen LogP contribution in [0.2, 0.25) is 0 Å². The first-order valence-corrected chi connectivity index (χ1v) is 9.23. The Bertz CT molecular complexity index is 938. The summed E-state index contributed by atoms with van der Waals surface area (Å²) in [5, 5.41) is 7.44. The summed E-state index contributed by atoms with van der Waals surface area (Å²) in [6, 6.07) is 11.3. The number of rotatable bonds is 7. The van der Waals surface area contributed by atoms with Gasteiger partial charge in [0.15, 0.2) is 5.58 Å². The van der Waals surface area contributed by atoms with Gasteiger partial charge in [-0.3, -0.25) is 0 Å². The Kier molecular flexibility index (Phi) is 8.23.